The van der Waals surface area contributed by atoms with Crippen molar-refractivity contribution in [2.75, 3.05) is 19.0 Å². The number of hydrogen-bond acceptors (Lipinski definition) is 2. The van der Waals surface area contributed by atoms with Crippen molar-refractivity contribution in [2.24, 2.45) is 4.99 Å². The fourth-order valence-electron chi connectivity index (χ4n) is 2.35. The third-order valence-electron chi connectivity index (χ3n) is 3.67. The van der Waals surface area contributed by atoms with Crippen LogP contribution < -0.4 is 4.90 Å². The highest BCUT2D eigenvalue weighted by Gasteiger charge is 2.03. The van der Waals surface area contributed by atoms with Crippen LogP contribution in [0.4, 0.5) is 15.8 Å². The van der Waals surface area contributed by atoms with E-state index in [9.17, 15) is 4.39 Å². The second-order valence-corrected chi connectivity index (χ2v) is 5.98. The number of aliphatic imine (C=N–C) groups is 1. The molecule has 0 aliphatic rings. The summed E-state index contributed by atoms with van der Waals surface area (Å²) in [6.07, 6.45) is 3.72. The second-order valence-electron chi connectivity index (χ2n) is 5.57. The highest BCUT2D eigenvalue weighted by Crippen LogP contribution is 2.22. The molecule has 0 atom stereocenters. The normalized spacial score (nSPS) is 11.2. The van der Waals surface area contributed by atoms with Crippen molar-refractivity contribution in [3.63, 3.8) is 0 Å². The van der Waals surface area contributed by atoms with Crippen LogP contribution in [0, 0.1) is 5.82 Å². The van der Waals surface area contributed by atoms with Gasteiger partial charge >= 0.3 is 0 Å². The first-order valence-electron chi connectivity index (χ1n) is 7.49. The van der Waals surface area contributed by atoms with Crippen molar-refractivity contribution in [3.8, 4) is 5.69 Å². The van der Waals surface area contributed by atoms with Gasteiger partial charge in [0.1, 0.15) is 5.82 Å². The van der Waals surface area contributed by atoms with Gasteiger partial charge in [-0.2, -0.15) is 0 Å². The number of aromatic nitrogens is 1. The van der Waals surface area contributed by atoms with Crippen molar-refractivity contribution in [1.29, 1.82) is 0 Å². The fraction of sp³-hybridized carbons (Fsp3) is 0.105. The average molecular weight is 342 g/mol. The Hall–Kier alpha value is -2.59. The Morgan fingerprint density at radius 3 is 2.50 bits per heavy atom. The zero-order chi connectivity index (χ0) is 17.1. The van der Waals surface area contributed by atoms with Gasteiger partial charge in [-0.15, -0.1) is 0 Å². The third kappa shape index (κ3) is 3.49. The zero-order valence-electron chi connectivity index (χ0n) is 13.4. The first-order valence-corrected chi connectivity index (χ1v) is 7.86. The summed E-state index contributed by atoms with van der Waals surface area (Å²) >= 11 is 5.78. The summed E-state index contributed by atoms with van der Waals surface area (Å²) in [5.41, 5.74) is 3.72. The van der Waals surface area contributed by atoms with Crippen LogP contribution in [0.3, 0.4) is 0 Å². The number of benzene rings is 2. The van der Waals surface area contributed by atoms with Gasteiger partial charge in [0.25, 0.3) is 0 Å². The lowest BCUT2D eigenvalue weighted by atomic mass is 10.2. The molecule has 0 N–H and O–H groups in total. The minimum Gasteiger partial charge on any atom is -0.378 e. The van der Waals surface area contributed by atoms with Gasteiger partial charge in [0.2, 0.25) is 0 Å². The van der Waals surface area contributed by atoms with E-state index in [1.54, 1.807) is 12.3 Å². The predicted octanol–water partition coefficient (Wildman–Crippen LogP) is 5.09. The van der Waals surface area contributed by atoms with Crippen LogP contribution in [0.1, 0.15) is 5.69 Å². The van der Waals surface area contributed by atoms with E-state index in [1.165, 1.54) is 12.1 Å². The Morgan fingerprint density at radius 1 is 1.08 bits per heavy atom. The Kier molecular flexibility index (Phi) is 4.67. The van der Waals surface area contributed by atoms with Crippen molar-refractivity contribution >= 4 is 29.2 Å². The fourth-order valence-corrected chi connectivity index (χ4v) is 2.53. The van der Waals surface area contributed by atoms with Crippen LogP contribution in [0.25, 0.3) is 5.69 Å². The molecule has 3 rings (SSSR count). The molecule has 2 aromatic carbocycles. The largest absolute Gasteiger partial charge is 0.378 e. The second kappa shape index (κ2) is 6.89. The maximum atomic E-state index is 13.2. The molecule has 0 fully saturated rings. The third-order valence-corrected chi connectivity index (χ3v) is 3.96. The van der Waals surface area contributed by atoms with E-state index in [-0.39, 0.29) is 5.02 Å². The number of nitrogens with zero attached hydrogens (tertiary/aromatic N) is 3. The SMILES string of the molecule is CN(C)c1ccc(-n2cccc2C=Nc2ccc(F)c(Cl)c2)cc1. The smallest absolute Gasteiger partial charge is 0.141 e. The molecule has 0 amide bonds. The molecule has 24 heavy (non-hydrogen) atoms. The molecule has 0 saturated carbocycles. The molecule has 0 bridgehead atoms. The molecule has 3 nitrogen and oxygen atoms in total. The molecule has 1 aromatic heterocycles. The van der Waals surface area contributed by atoms with Gasteiger partial charge in [0.15, 0.2) is 0 Å². The standard InChI is InChI=1S/C19H17ClFN3/c1-23(2)15-6-8-16(9-7-15)24-11-3-4-17(24)13-22-14-5-10-19(21)18(20)12-14/h3-13H,1-2H3. The van der Waals surface area contributed by atoms with E-state index in [4.69, 9.17) is 11.6 Å². The maximum absolute atomic E-state index is 13.2. The van der Waals surface area contributed by atoms with Crippen molar-refractivity contribution < 1.29 is 4.39 Å². The van der Waals surface area contributed by atoms with E-state index in [2.05, 4.69) is 34.2 Å². The van der Waals surface area contributed by atoms with E-state index in [1.807, 2.05) is 37.0 Å². The Labute approximate surface area is 145 Å². The predicted molar refractivity (Wildman–Crippen MR) is 98.8 cm³/mol. The molecule has 0 aliphatic carbocycles. The van der Waals surface area contributed by atoms with Gasteiger partial charge in [-0.3, -0.25) is 4.99 Å². The molecule has 1 heterocycles. The number of halogens is 2. The van der Waals surface area contributed by atoms with Crippen molar-refractivity contribution in [3.05, 3.63) is 77.3 Å². The quantitative estimate of drug-likeness (QED) is 0.605. The van der Waals surface area contributed by atoms with Gasteiger partial charge in [-0.1, -0.05) is 11.6 Å². The lowest BCUT2D eigenvalue weighted by Crippen LogP contribution is -2.08. The first-order chi connectivity index (χ1) is 11.5. The Bertz CT molecular complexity index is 867. The van der Waals surface area contributed by atoms with Crippen LogP contribution in [-0.2, 0) is 0 Å². The molecule has 3 aromatic rings. The Balaban J connectivity index is 1.87. The topological polar surface area (TPSA) is 20.5 Å². The molecule has 5 heteroatoms. The number of rotatable bonds is 4. The van der Waals surface area contributed by atoms with Gasteiger partial charge in [0.05, 0.1) is 22.6 Å². The van der Waals surface area contributed by atoms with Gasteiger partial charge in [-0.05, 0) is 54.6 Å². The lowest BCUT2D eigenvalue weighted by molar-refractivity contribution is 0.628. The monoisotopic (exact) mass is 341 g/mol. The molecular weight excluding hydrogens is 325 g/mol. The van der Waals surface area contributed by atoms with E-state index in [0.29, 0.717) is 5.69 Å². The van der Waals surface area contributed by atoms with Crippen LogP contribution in [-0.4, -0.2) is 24.9 Å². The first kappa shape index (κ1) is 16.3. The number of hydrogen-bond donors (Lipinski definition) is 0. The zero-order valence-corrected chi connectivity index (χ0v) is 14.2. The minimum atomic E-state index is -0.444. The summed E-state index contributed by atoms with van der Waals surface area (Å²) in [6.45, 7) is 0. The minimum absolute atomic E-state index is 0.0688. The average Bonchev–Trinajstić information content (AvgIpc) is 3.04. The highest BCUT2D eigenvalue weighted by molar-refractivity contribution is 6.31. The van der Waals surface area contributed by atoms with E-state index >= 15 is 0 Å². The van der Waals surface area contributed by atoms with Gasteiger partial charge < -0.3 is 9.47 Å². The molecule has 0 spiro atoms. The van der Waals surface area contributed by atoms with Crippen LogP contribution in [0.2, 0.25) is 5.02 Å². The molecule has 0 saturated heterocycles. The van der Waals surface area contributed by atoms with Crippen molar-refractivity contribution in [1.82, 2.24) is 4.57 Å². The Morgan fingerprint density at radius 2 is 1.83 bits per heavy atom. The van der Waals surface area contributed by atoms with E-state index in [0.717, 1.165) is 17.1 Å². The highest BCUT2D eigenvalue weighted by atomic mass is 35.5. The van der Waals surface area contributed by atoms with Crippen LogP contribution in [0.5, 0.6) is 0 Å². The van der Waals surface area contributed by atoms with Crippen LogP contribution >= 0.6 is 11.6 Å². The maximum Gasteiger partial charge on any atom is 0.141 e. The molecule has 0 aliphatic heterocycles. The number of anilines is 1. The van der Waals surface area contributed by atoms with E-state index < -0.39 is 5.82 Å². The summed E-state index contributed by atoms with van der Waals surface area (Å²) < 4.78 is 15.2. The van der Waals surface area contributed by atoms with Gasteiger partial charge in [-0.25, -0.2) is 4.39 Å². The molecule has 0 unspecified atom stereocenters. The van der Waals surface area contributed by atoms with Crippen LogP contribution in [0.15, 0.2) is 65.8 Å². The molecular formula is C19H17ClFN3. The summed E-state index contributed by atoms with van der Waals surface area (Å²) in [5.74, 6) is -0.444. The lowest BCUT2D eigenvalue weighted by Gasteiger charge is -2.13. The summed E-state index contributed by atoms with van der Waals surface area (Å²) in [5, 5.41) is 0.0688. The summed E-state index contributed by atoms with van der Waals surface area (Å²) in [4.78, 5) is 6.43. The summed E-state index contributed by atoms with van der Waals surface area (Å²) in [7, 11) is 4.02. The molecule has 122 valence electrons. The molecule has 0 radical (unpaired) electrons. The van der Waals surface area contributed by atoms with Crippen molar-refractivity contribution in [2.45, 2.75) is 0 Å². The summed E-state index contributed by atoms with van der Waals surface area (Å²) in [6, 6.07) is 16.6. The van der Waals surface area contributed by atoms with Gasteiger partial charge in [0, 0.05) is 31.7 Å².